The van der Waals surface area contributed by atoms with E-state index < -0.39 is 0 Å². The van der Waals surface area contributed by atoms with Gasteiger partial charge in [0.2, 0.25) is 5.91 Å². The number of aromatic nitrogens is 1. The summed E-state index contributed by atoms with van der Waals surface area (Å²) in [5, 5.41) is 6.95. The lowest BCUT2D eigenvalue weighted by Crippen LogP contribution is -2.34. The van der Waals surface area contributed by atoms with Gasteiger partial charge in [-0.05, 0) is 45.2 Å². The van der Waals surface area contributed by atoms with Crippen molar-refractivity contribution in [1.29, 1.82) is 0 Å². The lowest BCUT2D eigenvalue weighted by atomic mass is 10.0. The van der Waals surface area contributed by atoms with E-state index in [0.29, 0.717) is 12.8 Å². The summed E-state index contributed by atoms with van der Waals surface area (Å²) >= 11 is 0. The van der Waals surface area contributed by atoms with Crippen molar-refractivity contribution in [3.8, 4) is 0 Å². The number of benzene rings is 1. The summed E-state index contributed by atoms with van der Waals surface area (Å²) in [6, 6.07) is 7.68. The molecule has 0 saturated heterocycles. The Morgan fingerprint density at radius 2 is 2.04 bits per heavy atom. The van der Waals surface area contributed by atoms with Crippen LogP contribution in [0.4, 0.5) is 5.69 Å². The number of halogens is 1. The van der Waals surface area contributed by atoms with Crippen molar-refractivity contribution in [2.75, 3.05) is 5.73 Å². The van der Waals surface area contributed by atoms with E-state index in [0.717, 1.165) is 34.7 Å². The highest BCUT2D eigenvalue weighted by atomic mass is 35.5. The van der Waals surface area contributed by atoms with Gasteiger partial charge in [0.1, 0.15) is 5.76 Å². The molecule has 1 amide bonds. The molecule has 1 aromatic heterocycles. The highest BCUT2D eigenvalue weighted by molar-refractivity contribution is 5.85. The van der Waals surface area contributed by atoms with Crippen LogP contribution in [0.3, 0.4) is 0 Å². The molecule has 0 saturated carbocycles. The molecule has 1 aromatic carbocycles. The number of nitrogens with zero attached hydrogens (tertiary/aromatic N) is 1. The largest absolute Gasteiger partial charge is 0.399 e. The fourth-order valence-corrected chi connectivity index (χ4v) is 2.51. The van der Waals surface area contributed by atoms with E-state index in [-0.39, 0.29) is 24.4 Å². The van der Waals surface area contributed by atoms with E-state index in [4.69, 9.17) is 10.3 Å². The highest BCUT2D eigenvalue weighted by Crippen LogP contribution is 2.15. The lowest BCUT2D eigenvalue weighted by Gasteiger charge is -2.14. The normalized spacial score (nSPS) is 11.6. The van der Waals surface area contributed by atoms with Crippen LogP contribution in [0.1, 0.15) is 35.9 Å². The molecule has 3 N–H and O–H groups in total. The molecule has 1 heterocycles. The summed E-state index contributed by atoms with van der Waals surface area (Å²) in [5.74, 6) is 0.846. The van der Waals surface area contributed by atoms with Crippen LogP contribution >= 0.6 is 12.4 Å². The molecule has 0 aliphatic rings. The quantitative estimate of drug-likeness (QED) is 0.794. The van der Waals surface area contributed by atoms with Crippen LogP contribution in [0.2, 0.25) is 0 Å². The molecule has 0 fully saturated rings. The average Bonchev–Trinajstić information content (AvgIpc) is 2.78. The second-order valence-corrected chi connectivity index (χ2v) is 5.67. The fourth-order valence-electron chi connectivity index (χ4n) is 2.51. The van der Waals surface area contributed by atoms with Gasteiger partial charge in [0.15, 0.2) is 0 Å². The monoisotopic (exact) mass is 337 g/mol. The van der Waals surface area contributed by atoms with Gasteiger partial charge in [0.25, 0.3) is 0 Å². The molecule has 0 spiro atoms. The zero-order valence-electron chi connectivity index (χ0n) is 13.8. The highest BCUT2D eigenvalue weighted by Gasteiger charge is 2.14. The zero-order valence-corrected chi connectivity index (χ0v) is 14.6. The first kappa shape index (κ1) is 19.0. The standard InChI is InChI=1S/C17H23N3O2.ClH/c1-11(10-15-12(2)20-22-13(15)3)19-17(21)9-8-14-6-4-5-7-16(14)18;/h4-7,11H,8-10,18H2,1-3H3,(H,19,21);1H. The number of carbonyl (C=O) groups excluding carboxylic acids is 1. The van der Waals surface area contributed by atoms with E-state index in [1.165, 1.54) is 0 Å². The Kier molecular flexibility index (Phi) is 7.10. The number of amides is 1. The molecular weight excluding hydrogens is 314 g/mol. The van der Waals surface area contributed by atoms with Crippen molar-refractivity contribution < 1.29 is 9.32 Å². The Bertz CT molecular complexity index is 636. The molecule has 5 nitrogen and oxygen atoms in total. The molecule has 23 heavy (non-hydrogen) atoms. The van der Waals surface area contributed by atoms with Gasteiger partial charge >= 0.3 is 0 Å². The molecule has 2 rings (SSSR count). The number of rotatable bonds is 6. The van der Waals surface area contributed by atoms with Crippen LogP contribution in [0.25, 0.3) is 0 Å². The summed E-state index contributed by atoms with van der Waals surface area (Å²) in [6.07, 6.45) is 1.80. The topological polar surface area (TPSA) is 81.2 Å². The van der Waals surface area contributed by atoms with Gasteiger partial charge in [-0.15, -0.1) is 12.4 Å². The van der Waals surface area contributed by atoms with Crippen molar-refractivity contribution in [1.82, 2.24) is 10.5 Å². The number of anilines is 1. The van der Waals surface area contributed by atoms with E-state index in [9.17, 15) is 4.79 Å². The van der Waals surface area contributed by atoms with E-state index in [1.807, 2.05) is 45.0 Å². The molecule has 1 atom stereocenters. The second-order valence-electron chi connectivity index (χ2n) is 5.67. The summed E-state index contributed by atoms with van der Waals surface area (Å²) in [5.41, 5.74) is 9.58. The Hall–Kier alpha value is -2.01. The maximum atomic E-state index is 12.0. The van der Waals surface area contributed by atoms with Gasteiger partial charge in [-0.2, -0.15) is 0 Å². The van der Waals surface area contributed by atoms with Gasteiger partial charge in [0, 0.05) is 23.7 Å². The van der Waals surface area contributed by atoms with Gasteiger partial charge in [-0.3, -0.25) is 4.79 Å². The number of nitrogen functional groups attached to an aromatic ring is 1. The third kappa shape index (κ3) is 5.28. The first-order valence-electron chi connectivity index (χ1n) is 7.52. The van der Waals surface area contributed by atoms with Crippen molar-refractivity contribution in [3.05, 3.63) is 46.8 Å². The number of carbonyl (C=O) groups is 1. The van der Waals surface area contributed by atoms with Gasteiger partial charge < -0.3 is 15.6 Å². The number of hydrogen-bond donors (Lipinski definition) is 2. The molecular formula is C17H24ClN3O2. The summed E-state index contributed by atoms with van der Waals surface area (Å²) in [4.78, 5) is 12.0. The van der Waals surface area contributed by atoms with Gasteiger partial charge in [-0.1, -0.05) is 23.4 Å². The van der Waals surface area contributed by atoms with Gasteiger partial charge in [-0.25, -0.2) is 0 Å². The van der Waals surface area contributed by atoms with Crippen molar-refractivity contribution >= 4 is 24.0 Å². The first-order chi connectivity index (χ1) is 10.5. The Morgan fingerprint density at radius 3 is 2.65 bits per heavy atom. The molecule has 0 radical (unpaired) electrons. The second kappa shape index (κ2) is 8.58. The molecule has 0 aliphatic carbocycles. The number of nitrogens with one attached hydrogen (secondary N) is 1. The molecule has 0 aliphatic heterocycles. The van der Waals surface area contributed by atoms with Crippen molar-refractivity contribution in [2.45, 2.75) is 46.1 Å². The molecule has 1 unspecified atom stereocenters. The maximum Gasteiger partial charge on any atom is 0.220 e. The third-order valence-corrected chi connectivity index (χ3v) is 3.78. The van der Waals surface area contributed by atoms with E-state index in [2.05, 4.69) is 10.5 Å². The molecule has 2 aromatic rings. The first-order valence-corrected chi connectivity index (χ1v) is 7.52. The minimum Gasteiger partial charge on any atom is -0.399 e. The minimum absolute atomic E-state index is 0. The van der Waals surface area contributed by atoms with Crippen LogP contribution < -0.4 is 11.1 Å². The number of hydrogen-bond acceptors (Lipinski definition) is 4. The predicted molar refractivity (Wildman–Crippen MR) is 93.7 cm³/mol. The van der Waals surface area contributed by atoms with E-state index >= 15 is 0 Å². The molecule has 0 bridgehead atoms. The van der Waals surface area contributed by atoms with Crippen LogP contribution in [0.5, 0.6) is 0 Å². The van der Waals surface area contributed by atoms with Crippen molar-refractivity contribution in [3.63, 3.8) is 0 Å². The van der Waals surface area contributed by atoms with Crippen LogP contribution in [0, 0.1) is 13.8 Å². The average molecular weight is 338 g/mol. The van der Waals surface area contributed by atoms with Crippen LogP contribution in [0.15, 0.2) is 28.8 Å². The fraction of sp³-hybridized carbons (Fsp3) is 0.412. The third-order valence-electron chi connectivity index (χ3n) is 3.78. The molecule has 6 heteroatoms. The SMILES string of the molecule is Cc1noc(C)c1CC(C)NC(=O)CCc1ccccc1N.Cl. The van der Waals surface area contributed by atoms with Gasteiger partial charge in [0.05, 0.1) is 5.69 Å². The Labute approximate surface area is 143 Å². The number of nitrogens with two attached hydrogens (primary N) is 1. The smallest absolute Gasteiger partial charge is 0.220 e. The zero-order chi connectivity index (χ0) is 16.1. The molecule has 126 valence electrons. The summed E-state index contributed by atoms with van der Waals surface area (Å²) in [7, 11) is 0. The number of para-hydroxylation sites is 1. The van der Waals surface area contributed by atoms with Crippen LogP contribution in [-0.2, 0) is 17.6 Å². The van der Waals surface area contributed by atoms with Crippen molar-refractivity contribution in [2.24, 2.45) is 0 Å². The minimum atomic E-state index is 0. The predicted octanol–water partition coefficient (Wildman–Crippen LogP) is 2.98. The summed E-state index contributed by atoms with van der Waals surface area (Å²) in [6.45, 7) is 5.79. The summed E-state index contributed by atoms with van der Waals surface area (Å²) < 4.78 is 5.14. The van der Waals surface area contributed by atoms with E-state index in [1.54, 1.807) is 0 Å². The lowest BCUT2D eigenvalue weighted by molar-refractivity contribution is -0.121. The Morgan fingerprint density at radius 1 is 1.35 bits per heavy atom. The van der Waals surface area contributed by atoms with Crippen LogP contribution in [-0.4, -0.2) is 17.1 Å². The number of aryl methyl sites for hydroxylation is 3. The maximum absolute atomic E-state index is 12.0. The Balaban J connectivity index is 0.00000264.